The van der Waals surface area contributed by atoms with E-state index in [1.807, 2.05) is 0 Å². The van der Waals surface area contributed by atoms with Crippen LogP contribution in [0, 0.1) is 0 Å². The number of hydrogen-bond acceptors (Lipinski definition) is 5. The second-order valence-corrected chi connectivity index (χ2v) is 6.07. The molecular weight excluding hydrogens is 262 g/mol. The highest BCUT2D eigenvalue weighted by atomic mass is 33.1. The van der Waals surface area contributed by atoms with Gasteiger partial charge < -0.3 is 14.8 Å². The number of carboxylic acids is 1. The highest BCUT2D eigenvalue weighted by molar-refractivity contribution is 8.76. The summed E-state index contributed by atoms with van der Waals surface area (Å²) in [7, 11) is 4.56. The lowest BCUT2D eigenvalue weighted by atomic mass is 10.3. The Kier molecular flexibility index (Phi) is 8.97. The molecule has 0 aromatic rings. The average molecular weight is 279 g/mol. The Bertz CT molecular complexity index is 273. The van der Waals surface area contributed by atoms with Gasteiger partial charge in [0.25, 0.3) is 0 Å². The Morgan fingerprint density at radius 2 is 1.94 bits per heavy atom. The topological polar surface area (TPSA) is 74.7 Å². The highest BCUT2D eigenvalue weighted by Crippen LogP contribution is 2.22. The summed E-state index contributed by atoms with van der Waals surface area (Å²) in [6.07, 6.45) is 1.69. The SMILES string of the molecule is CC(C(=O)O)N(C)C(=O)CCSSCCC=O. The molecule has 5 nitrogen and oxygen atoms in total. The van der Waals surface area contributed by atoms with Gasteiger partial charge in [0, 0.05) is 31.4 Å². The predicted octanol–water partition coefficient (Wildman–Crippen LogP) is 1.28. The van der Waals surface area contributed by atoms with Gasteiger partial charge >= 0.3 is 5.97 Å². The molecule has 0 spiro atoms. The van der Waals surface area contributed by atoms with Crippen LogP contribution in [0.3, 0.4) is 0 Å². The molecular formula is C10H17NO4S2. The number of likely N-dealkylation sites (N-methyl/N-ethyl adjacent to an activating group) is 1. The first kappa shape index (κ1) is 16.3. The average Bonchev–Trinajstić information content (AvgIpc) is 2.31. The van der Waals surface area contributed by atoms with E-state index < -0.39 is 12.0 Å². The molecule has 0 rings (SSSR count). The standard InChI is InChI=1S/C10H17NO4S2/c1-8(10(14)15)11(2)9(13)4-7-17-16-6-3-5-12/h5,8H,3-4,6-7H2,1-2H3,(H,14,15). The molecule has 0 aromatic carbocycles. The quantitative estimate of drug-likeness (QED) is 0.389. The molecule has 0 aliphatic heterocycles. The molecule has 1 amide bonds. The third kappa shape index (κ3) is 7.27. The van der Waals surface area contributed by atoms with Crippen molar-refractivity contribution in [2.45, 2.75) is 25.8 Å². The molecule has 0 aliphatic carbocycles. The second kappa shape index (κ2) is 9.35. The third-order valence-electron chi connectivity index (χ3n) is 2.13. The first-order valence-corrected chi connectivity index (χ1v) is 7.66. The lowest BCUT2D eigenvalue weighted by Gasteiger charge is -2.21. The molecule has 1 atom stereocenters. The van der Waals surface area contributed by atoms with Crippen LogP contribution in [0.4, 0.5) is 0 Å². The van der Waals surface area contributed by atoms with Crippen LogP contribution >= 0.6 is 21.6 Å². The molecule has 0 aromatic heterocycles. The molecule has 0 heterocycles. The van der Waals surface area contributed by atoms with Gasteiger partial charge in [0.2, 0.25) is 5.91 Å². The third-order valence-corrected chi connectivity index (χ3v) is 4.57. The van der Waals surface area contributed by atoms with Crippen molar-refractivity contribution in [3.63, 3.8) is 0 Å². The van der Waals surface area contributed by atoms with Crippen LogP contribution in [0.15, 0.2) is 0 Å². The van der Waals surface area contributed by atoms with Gasteiger partial charge in [0.1, 0.15) is 12.3 Å². The lowest BCUT2D eigenvalue weighted by Crippen LogP contribution is -2.40. The van der Waals surface area contributed by atoms with E-state index in [4.69, 9.17) is 5.11 Å². The molecule has 98 valence electrons. The number of carbonyl (C=O) groups is 3. The Hall–Kier alpha value is -0.690. The first-order valence-electron chi connectivity index (χ1n) is 5.17. The van der Waals surface area contributed by atoms with Gasteiger partial charge in [-0.15, -0.1) is 0 Å². The normalized spacial score (nSPS) is 11.9. The number of hydrogen-bond donors (Lipinski definition) is 1. The van der Waals surface area contributed by atoms with E-state index in [-0.39, 0.29) is 5.91 Å². The summed E-state index contributed by atoms with van der Waals surface area (Å²) in [4.78, 5) is 33.5. The lowest BCUT2D eigenvalue weighted by molar-refractivity contribution is -0.148. The maximum absolute atomic E-state index is 11.6. The summed E-state index contributed by atoms with van der Waals surface area (Å²) >= 11 is 0. The minimum Gasteiger partial charge on any atom is -0.480 e. The van der Waals surface area contributed by atoms with Crippen molar-refractivity contribution in [3.8, 4) is 0 Å². The number of carboxylic acid groups (broad SMARTS) is 1. The summed E-state index contributed by atoms with van der Waals surface area (Å²) in [5.41, 5.74) is 0. The Morgan fingerprint density at radius 3 is 2.47 bits per heavy atom. The first-order chi connectivity index (χ1) is 8.00. The van der Waals surface area contributed by atoms with Crippen molar-refractivity contribution >= 4 is 39.8 Å². The zero-order valence-electron chi connectivity index (χ0n) is 9.92. The van der Waals surface area contributed by atoms with Crippen molar-refractivity contribution in [2.24, 2.45) is 0 Å². The highest BCUT2D eigenvalue weighted by Gasteiger charge is 2.20. The summed E-state index contributed by atoms with van der Waals surface area (Å²) in [5, 5.41) is 8.73. The van der Waals surface area contributed by atoms with Crippen molar-refractivity contribution in [1.29, 1.82) is 0 Å². The number of rotatable bonds is 9. The van der Waals surface area contributed by atoms with Crippen LogP contribution in [-0.2, 0) is 14.4 Å². The van der Waals surface area contributed by atoms with E-state index in [9.17, 15) is 14.4 Å². The van der Waals surface area contributed by atoms with Gasteiger partial charge in [-0.25, -0.2) is 4.79 Å². The molecule has 1 unspecified atom stereocenters. The fraction of sp³-hybridized carbons (Fsp3) is 0.700. The fourth-order valence-electron chi connectivity index (χ4n) is 0.901. The minimum absolute atomic E-state index is 0.177. The molecule has 0 fully saturated rings. The largest absolute Gasteiger partial charge is 0.480 e. The summed E-state index contributed by atoms with van der Waals surface area (Å²) in [5.74, 6) is 0.181. The zero-order chi connectivity index (χ0) is 13.3. The maximum atomic E-state index is 11.6. The fourth-order valence-corrected chi connectivity index (χ4v) is 2.83. The van der Waals surface area contributed by atoms with E-state index in [2.05, 4.69) is 0 Å². The number of aldehydes is 1. The zero-order valence-corrected chi connectivity index (χ0v) is 11.6. The van der Waals surface area contributed by atoms with Crippen molar-refractivity contribution in [3.05, 3.63) is 0 Å². The van der Waals surface area contributed by atoms with E-state index in [1.54, 1.807) is 10.8 Å². The van der Waals surface area contributed by atoms with Crippen LogP contribution in [0.1, 0.15) is 19.8 Å². The molecule has 7 heteroatoms. The minimum atomic E-state index is -1.01. The number of carbonyl (C=O) groups excluding carboxylic acids is 2. The summed E-state index contributed by atoms with van der Waals surface area (Å²) < 4.78 is 0. The molecule has 0 saturated carbocycles. The van der Waals surface area contributed by atoms with Crippen molar-refractivity contribution < 1.29 is 19.5 Å². The summed E-state index contributed by atoms with van der Waals surface area (Å²) in [6.45, 7) is 1.48. The van der Waals surface area contributed by atoms with Gasteiger partial charge in [-0.3, -0.25) is 4.79 Å². The Morgan fingerprint density at radius 1 is 1.35 bits per heavy atom. The molecule has 0 saturated heterocycles. The van der Waals surface area contributed by atoms with Gasteiger partial charge in [-0.1, -0.05) is 21.6 Å². The summed E-state index contributed by atoms with van der Waals surface area (Å²) in [6, 6.07) is -0.796. The number of aliphatic carboxylic acids is 1. The van der Waals surface area contributed by atoms with Crippen LogP contribution < -0.4 is 0 Å². The Labute approximate surface area is 109 Å². The monoisotopic (exact) mass is 279 g/mol. The van der Waals surface area contributed by atoms with Crippen molar-refractivity contribution in [1.82, 2.24) is 4.90 Å². The van der Waals surface area contributed by atoms with Crippen LogP contribution in [-0.4, -0.2) is 52.8 Å². The van der Waals surface area contributed by atoms with Gasteiger partial charge in [0.05, 0.1) is 0 Å². The van der Waals surface area contributed by atoms with Crippen LogP contribution in [0.2, 0.25) is 0 Å². The van der Waals surface area contributed by atoms with E-state index in [0.717, 1.165) is 12.0 Å². The van der Waals surface area contributed by atoms with Crippen molar-refractivity contribution in [2.75, 3.05) is 18.6 Å². The smallest absolute Gasteiger partial charge is 0.326 e. The molecule has 17 heavy (non-hydrogen) atoms. The molecule has 0 bridgehead atoms. The van der Waals surface area contributed by atoms with Crippen LogP contribution in [0.5, 0.6) is 0 Å². The van der Waals surface area contributed by atoms with Gasteiger partial charge in [-0.05, 0) is 6.92 Å². The van der Waals surface area contributed by atoms with E-state index >= 15 is 0 Å². The van der Waals surface area contributed by atoms with Crippen LogP contribution in [0.25, 0.3) is 0 Å². The molecule has 0 radical (unpaired) electrons. The van der Waals surface area contributed by atoms with E-state index in [0.29, 0.717) is 18.6 Å². The number of nitrogens with zero attached hydrogens (tertiary/aromatic N) is 1. The number of amides is 1. The van der Waals surface area contributed by atoms with Gasteiger partial charge in [-0.2, -0.15) is 0 Å². The predicted molar refractivity (Wildman–Crippen MR) is 70.1 cm³/mol. The Balaban J connectivity index is 3.71. The van der Waals surface area contributed by atoms with E-state index in [1.165, 1.54) is 29.7 Å². The molecule has 0 aliphatic rings. The maximum Gasteiger partial charge on any atom is 0.326 e. The second-order valence-electron chi connectivity index (χ2n) is 3.37. The molecule has 1 N–H and O–H groups in total. The van der Waals surface area contributed by atoms with Gasteiger partial charge in [0.15, 0.2) is 0 Å².